The van der Waals surface area contributed by atoms with Crippen LogP contribution >= 0.6 is 0 Å². The van der Waals surface area contributed by atoms with Crippen molar-refractivity contribution in [3.63, 3.8) is 0 Å². The van der Waals surface area contributed by atoms with Crippen LogP contribution < -0.4 is 20.5 Å². The largest absolute Gasteiger partial charge is 0.497 e. The molecular formula is C21H30N2O2. The van der Waals surface area contributed by atoms with E-state index < -0.39 is 0 Å². The number of nitrogens with two attached hydrogens (primary N) is 1. The van der Waals surface area contributed by atoms with Crippen LogP contribution in [0.25, 0.3) is 0 Å². The SMILES string of the molecule is COc1ccc(CC(C)(CNCCN)Cc2ccc(OC)cc2)cc1. The molecule has 0 aliphatic rings. The molecule has 0 aromatic heterocycles. The first-order chi connectivity index (χ1) is 12.1. The molecule has 2 rings (SSSR count). The summed E-state index contributed by atoms with van der Waals surface area (Å²) in [6.45, 7) is 4.73. The lowest BCUT2D eigenvalue weighted by Gasteiger charge is -2.31. The summed E-state index contributed by atoms with van der Waals surface area (Å²) >= 11 is 0. The highest BCUT2D eigenvalue weighted by Gasteiger charge is 2.25. The Morgan fingerprint density at radius 2 is 1.28 bits per heavy atom. The van der Waals surface area contributed by atoms with E-state index in [9.17, 15) is 0 Å². The van der Waals surface area contributed by atoms with Crippen molar-refractivity contribution in [2.75, 3.05) is 33.9 Å². The average molecular weight is 342 g/mol. The predicted molar refractivity (Wildman–Crippen MR) is 103 cm³/mol. The second kappa shape index (κ2) is 9.44. The smallest absolute Gasteiger partial charge is 0.118 e. The van der Waals surface area contributed by atoms with Crippen molar-refractivity contribution >= 4 is 0 Å². The zero-order valence-electron chi connectivity index (χ0n) is 15.5. The molecule has 0 radical (unpaired) electrons. The van der Waals surface area contributed by atoms with E-state index in [2.05, 4.69) is 36.5 Å². The monoisotopic (exact) mass is 342 g/mol. The molecule has 136 valence electrons. The molecule has 0 heterocycles. The molecule has 4 nitrogen and oxygen atoms in total. The Labute approximate surface area is 151 Å². The van der Waals surface area contributed by atoms with Crippen LogP contribution in [0, 0.1) is 5.41 Å². The first-order valence-electron chi connectivity index (χ1n) is 8.75. The third kappa shape index (κ3) is 6.07. The summed E-state index contributed by atoms with van der Waals surface area (Å²) in [7, 11) is 3.39. The molecule has 0 atom stereocenters. The maximum absolute atomic E-state index is 5.64. The Kier molecular flexibility index (Phi) is 7.29. The van der Waals surface area contributed by atoms with Gasteiger partial charge in [-0.3, -0.25) is 0 Å². The summed E-state index contributed by atoms with van der Waals surface area (Å²) in [5.41, 5.74) is 8.36. The van der Waals surface area contributed by atoms with Gasteiger partial charge in [0, 0.05) is 19.6 Å². The molecule has 0 aliphatic carbocycles. The van der Waals surface area contributed by atoms with Crippen molar-refractivity contribution in [3.05, 3.63) is 59.7 Å². The van der Waals surface area contributed by atoms with Gasteiger partial charge in [-0.15, -0.1) is 0 Å². The highest BCUT2D eigenvalue weighted by Crippen LogP contribution is 2.28. The lowest BCUT2D eigenvalue weighted by atomic mass is 9.78. The first kappa shape index (κ1) is 19.3. The summed E-state index contributed by atoms with van der Waals surface area (Å²) in [5.74, 6) is 1.78. The fourth-order valence-electron chi connectivity index (χ4n) is 3.15. The molecule has 2 aromatic rings. The minimum atomic E-state index is 0.0956. The molecule has 2 aromatic carbocycles. The van der Waals surface area contributed by atoms with Gasteiger partial charge in [0.25, 0.3) is 0 Å². The zero-order chi connectivity index (χ0) is 18.1. The van der Waals surface area contributed by atoms with Gasteiger partial charge < -0.3 is 20.5 Å². The summed E-state index contributed by atoms with van der Waals surface area (Å²) in [4.78, 5) is 0. The molecule has 0 aliphatic heterocycles. The maximum atomic E-state index is 5.64. The van der Waals surface area contributed by atoms with Crippen molar-refractivity contribution in [1.29, 1.82) is 0 Å². The van der Waals surface area contributed by atoms with E-state index in [0.29, 0.717) is 6.54 Å². The molecular weight excluding hydrogens is 312 g/mol. The van der Waals surface area contributed by atoms with Crippen molar-refractivity contribution in [1.82, 2.24) is 5.32 Å². The van der Waals surface area contributed by atoms with E-state index in [1.807, 2.05) is 24.3 Å². The van der Waals surface area contributed by atoms with Crippen LogP contribution in [0.15, 0.2) is 48.5 Å². The molecule has 0 amide bonds. The number of benzene rings is 2. The Hall–Kier alpha value is -2.04. The molecule has 0 saturated heterocycles. The van der Waals surface area contributed by atoms with Gasteiger partial charge in [0.05, 0.1) is 14.2 Å². The van der Waals surface area contributed by atoms with Crippen LogP contribution in [-0.4, -0.2) is 33.9 Å². The second-order valence-corrected chi connectivity index (χ2v) is 6.83. The molecule has 0 spiro atoms. The third-order valence-electron chi connectivity index (χ3n) is 4.45. The quantitative estimate of drug-likeness (QED) is 0.652. The zero-order valence-corrected chi connectivity index (χ0v) is 15.5. The highest BCUT2D eigenvalue weighted by atomic mass is 16.5. The lowest BCUT2D eigenvalue weighted by molar-refractivity contribution is 0.301. The van der Waals surface area contributed by atoms with E-state index in [1.54, 1.807) is 14.2 Å². The summed E-state index contributed by atoms with van der Waals surface area (Å²) < 4.78 is 10.5. The Balaban J connectivity index is 2.12. The van der Waals surface area contributed by atoms with Gasteiger partial charge in [0.1, 0.15) is 11.5 Å². The summed E-state index contributed by atoms with van der Waals surface area (Å²) in [6.07, 6.45) is 1.97. The topological polar surface area (TPSA) is 56.5 Å². The average Bonchev–Trinajstić information content (AvgIpc) is 2.63. The number of ether oxygens (including phenoxy) is 2. The Bertz CT molecular complexity index is 574. The normalized spacial score (nSPS) is 11.4. The van der Waals surface area contributed by atoms with Gasteiger partial charge in [-0.25, -0.2) is 0 Å². The Morgan fingerprint density at radius 3 is 1.64 bits per heavy atom. The number of methoxy groups -OCH3 is 2. The lowest BCUT2D eigenvalue weighted by Crippen LogP contribution is -2.37. The molecule has 0 bridgehead atoms. The van der Waals surface area contributed by atoms with Gasteiger partial charge >= 0.3 is 0 Å². The summed E-state index contributed by atoms with van der Waals surface area (Å²) in [5, 5.41) is 3.49. The van der Waals surface area contributed by atoms with Crippen LogP contribution in [0.4, 0.5) is 0 Å². The van der Waals surface area contributed by atoms with Crippen LogP contribution in [0.3, 0.4) is 0 Å². The third-order valence-corrected chi connectivity index (χ3v) is 4.45. The van der Waals surface area contributed by atoms with Crippen molar-refractivity contribution in [3.8, 4) is 11.5 Å². The van der Waals surface area contributed by atoms with Crippen LogP contribution in [0.5, 0.6) is 11.5 Å². The van der Waals surface area contributed by atoms with Gasteiger partial charge in [0.15, 0.2) is 0 Å². The van der Waals surface area contributed by atoms with E-state index in [1.165, 1.54) is 11.1 Å². The van der Waals surface area contributed by atoms with Gasteiger partial charge in [-0.05, 0) is 53.6 Å². The van der Waals surface area contributed by atoms with E-state index in [4.69, 9.17) is 15.2 Å². The number of hydrogen-bond donors (Lipinski definition) is 2. The number of nitrogens with one attached hydrogen (secondary N) is 1. The van der Waals surface area contributed by atoms with E-state index in [0.717, 1.165) is 37.4 Å². The molecule has 3 N–H and O–H groups in total. The fraction of sp³-hybridized carbons (Fsp3) is 0.429. The van der Waals surface area contributed by atoms with Gasteiger partial charge in [-0.2, -0.15) is 0 Å². The van der Waals surface area contributed by atoms with Crippen LogP contribution in [0.1, 0.15) is 18.1 Å². The van der Waals surface area contributed by atoms with Gasteiger partial charge in [0.2, 0.25) is 0 Å². The van der Waals surface area contributed by atoms with E-state index in [-0.39, 0.29) is 5.41 Å². The van der Waals surface area contributed by atoms with Crippen molar-refractivity contribution in [2.45, 2.75) is 19.8 Å². The molecule has 0 fully saturated rings. The minimum absolute atomic E-state index is 0.0956. The number of rotatable bonds is 10. The molecule has 0 saturated carbocycles. The van der Waals surface area contributed by atoms with Gasteiger partial charge in [-0.1, -0.05) is 31.2 Å². The number of hydrogen-bond acceptors (Lipinski definition) is 4. The molecule has 4 heteroatoms. The van der Waals surface area contributed by atoms with Crippen molar-refractivity contribution < 1.29 is 9.47 Å². The molecule has 0 unspecified atom stereocenters. The first-order valence-corrected chi connectivity index (χ1v) is 8.75. The van der Waals surface area contributed by atoms with E-state index >= 15 is 0 Å². The van der Waals surface area contributed by atoms with Crippen LogP contribution in [-0.2, 0) is 12.8 Å². The molecule has 25 heavy (non-hydrogen) atoms. The fourth-order valence-corrected chi connectivity index (χ4v) is 3.15. The predicted octanol–water partition coefficient (Wildman–Crippen LogP) is 3.04. The minimum Gasteiger partial charge on any atom is -0.497 e. The highest BCUT2D eigenvalue weighted by molar-refractivity contribution is 5.30. The Morgan fingerprint density at radius 1 is 0.840 bits per heavy atom. The maximum Gasteiger partial charge on any atom is 0.118 e. The van der Waals surface area contributed by atoms with Crippen LogP contribution in [0.2, 0.25) is 0 Å². The van der Waals surface area contributed by atoms with Crippen molar-refractivity contribution in [2.24, 2.45) is 11.1 Å². The standard InChI is InChI=1S/C21H30N2O2/c1-21(16-23-13-12-22,14-17-4-8-19(24-2)9-5-17)15-18-6-10-20(25-3)11-7-18/h4-11,23H,12-16,22H2,1-3H3. The summed E-state index contributed by atoms with van der Waals surface area (Å²) in [6, 6.07) is 16.7. The second-order valence-electron chi connectivity index (χ2n) is 6.83.